The van der Waals surface area contributed by atoms with Crippen molar-refractivity contribution >= 4 is 5.91 Å². The van der Waals surface area contributed by atoms with E-state index < -0.39 is 18.6 Å². The molecule has 2 aliphatic heterocycles. The predicted octanol–water partition coefficient (Wildman–Crippen LogP) is 1.95. The summed E-state index contributed by atoms with van der Waals surface area (Å²) in [6.45, 7) is 1.75. The van der Waals surface area contributed by atoms with E-state index in [0.29, 0.717) is 13.0 Å². The van der Waals surface area contributed by atoms with Crippen LogP contribution < -0.4 is 5.32 Å². The Morgan fingerprint density at radius 1 is 1.24 bits per heavy atom. The maximum Gasteiger partial charge on any atom is 0.405 e. The fourth-order valence-corrected chi connectivity index (χ4v) is 3.01. The van der Waals surface area contributed by atoms with E-state index in [2.05, 4.69) is 4.90 Å². The van der Waals surface area contributed by atoms with E-state index in [0.717, 1.165) is 45.4 Å². The van der Waals surface area contributed by atoms with Crippen molar-refractivity contribution in [2.75, 3.05) is 32.8 Å². The Morgan fingerprint density at radius 3 is 2.71 bits per heavy atom. The van der Waals surface area contributed by atoms with Crippen LogP contribution in [0.5, 0.6) is 0 Å². The van der Waals surface area contributed by atoms with Crippen LogP contribution in [0.4, 0.5) is 13.2 Å². The Kier molecular flexibility index (Phi) is 5.87. The van der Waals surface area contributed by atoms with E-state index in [-0.39, 0.29) is 12.0 Å². The molecule has 2 fully saturated rings. The number of nitrogens with zero attached hydrogens (tertiary/aromatic N) is 1. The number of carbonyl (C=O) groups excluding carboxylic acids is 1. The van der Waals surface area contributed by atoms with Crippen molar-refractivity contribution in [2.24, 2.45) is 5.92 Å². The third-order valence-electron chi connectivity index (χ3n) is 4.08. The molecule has 2 saturated heterocycles. The molecule has 2 aliphatic rings. The molecule has 2 rings (SSSR count). The lowest BCUT2D eigenvalue weighted by atomic mass is 9.96. The highest BCUT2D eigenvalue weighted by molar-refractivity contribution is 5.79. The van der Waals surface area contributed by atoms with E-state index in [4.69, 9.17) is 4.74 Å². The first-order chi connectivity index (χ1) is 9.94. The number of alkyl halides is 3. The fraction of sp³-hybridized carbons (Fsp3) is 0.929. The third-order valence-corrected chi connectivity index (χ3v) is 4.08. The summed E-state index contributed by atoms with van der Waals surface area (Å²) >= 11 is 0. The number of halogens is 3. The molecule has 0 spiro atoms. The highest BCUT2D eigenvalue weighted by Gasteiger charge is 2.32. The highest BCUT2D eigenvalue weighted by Crippen LogP contribution is 2.20. The number of hydrogen-bond acceptors (Lipinski definition) is 3. The number of amides is 1. The Balaban J connectivity index is 1.75. The summed E-state index contributed by atoms with van der Waals surface area (Å²) in [5, 5.41) is 1.99. The molecule has 1 N–H and O–H groups in total. The minimum Gasteiger partial charge on any atom is -0.377 e. The maximum absolute atomic E-state index is 12.1. The second-order valence-electron chi connectivity index (χ2n) is 5.92. The summed E-state index contributed by atoms with van der Waals surface area (Å²) < 4.78 is 42.1. The molecule has 122 valence electrons. The van der Waals surface area contributed by atoms with Crippen molar-refractivity contribution in [1.82, 2.24) is 10.2 Å². The maximum atomic E-state index is 12.1. The first kappa shape index (κ1) is 16.5. The molecular formula is C14H23F3N2O2. The zero-order valence-electron chi connectivity index (χ0n) is 12.1. The normalized spacial score (nSPS) is 28.3. The molecule has 0 aromatic heterocycles. The molecule has 2 atom stereocenters. The standard InChI is InChI=1S/C14H23F3N2O2/c15-14(16,17)10-18-13(20)11-4-3-6-19(8-11)9-12-5-1-2-7-21-12/h11-12H,1-10H2,(H,18,20)/t11-,12-/m0/s1. The van der Waals surface area contributed by atoms with E-state index in [1.54, 1.807) is 0 Å². The van der Waals surface area contributed by atoms with Gasteiger partial charge in [-0.15, -0.1) is 0 Å². The lowest BCUT2D eigenvalue weighted by molar-refractivity contribution is -0.142. The SMILES string of the molecule is O=C(NCC(F)(F)F)[C@H]1CCCN(C[C@@H]2CCCCO2)C1. The Hall–Kier alpha value is -0.820. The van der Waals surface area contributed by atoms with Gasteiger partial charge in [-0.3, -0.25) is 9.69 Å². The van der Waals surface area contributed by atoms with Gasteiger partial charge in [0, 0.05) is 19.7 Å². The Bertz CT molecular complexity index is 344. The zero-order valence-corrected chi connectivity index (χ0v) is 12.1. The van der Waals surface area contributed by atoms with Crippen LogP contribution >= 0.6 is 0 Å². The van der Waals surface area contributed by atoms with Gasteiger partial charge in [-0.05, 0) is 38.6 Å². The average Bonchev–Trinajstić information content (AvgIpc) is 2.45. The number of likely N-dealkylation sites (tertiary alicyclic amines) is 1. The molecule has 0 unspecified atom stereocenters. The lowest BCUT2D eigenvalue weighted by Crippen LogP contribution is -2.47. The molecule has 7 heteroatoms. The van der Waals surface area contributed by atoms with Crippen molar-refractivity contribution in [3.8, 4) is 0 Å². The Labute approximate surface area is 123 Å². The lowest BCUT2D eigenvalue weighted by Gasteiger charge is -2.35. The summed E-state index contributed by atoms with van der Waals surface area (Å²) in [4.78, 5) is 14.0. The van der Waals surface area contributed by atoms with Crippen LogP contribution in [0.1, 0.15) is 32.1 Å². The van der Waals surface area contributed by atoms with Gasteiger partial charge < -0.3 is 10.1 Å². The second kappa shape index (κ2) is 7.45. The predicted molar refractivity (Wildman–Crippen MR) is 71.8 cm³/mol. The smallest absolute Gasteiger partial charge is 0.377 e. The van der Waals surface area contributed by atoms with Crippen LogP contribution in [0.25, 0.3) is 0 Å². The molecule has 4 nitrogen and oxygen atoms in total. The van der Waals surface area contributed by atoms with Gasteiger partial charge in [0.2, 0.25) is 5.91 Å². The van der Waals surface area contributed by atoms with Crippen LogP contribution in [-0.2, 0) is 9.53 Å². The fourth-order valence-electron chi connectivity index (χ4n) is 3.01. The molecule has 0 aliphatic carbocycles. The van der Waals surface area contributed by atoms with Gasteiger partial charge >= 0.3 is 6.18 Å². The van der Waals surface area contributed by atoms with Gasteiger partial charge in [-0.1, -0.05) is 0 Å². The molecule has 0 bridgehead atoms. The molecule has 0 saturated carbocycles. The van der Waals surface area contributed by atoms with Crippen LogP contribution in [-0.4, -0.2) is 55.9 Å². The monoisotopic (exact) mass is 308 g/mol. The van der Waals surface area contributed by atoms with Crippen molar-refractivity contribution in [3.63, 3.8) is 0 Å². The van der Waals surface area contributed by atoms with E-state index in [1.165, 1.54) is 0 Å². The largest absolute Gasteiger partial charge is 0.405 e. The van der Waals surface area contributed by atoms with E-state index >= 15 is 0 Å². The average molecular weight is 308 g/mol. The molecular weight excluding hydrogens is 285 g/mol. The topological polar surface area (TPSA) is 41.6 Å². The van der Waals surface area contributed by atoms with E-state index in [1.807, 2.05) is 5.32 Å². The minimum atomic E-state index is -4.35. The number of hydrogen-bond donors (Lipinski definition) is 1. The molecule has 0 radical (unpaired) electrons. The van der Waals surface area contributed by atoms with Gasteiger partial charge in [0.25, 0.3) is 0 Å². The second-order valence-corrected chi connectivity index (χ2v) is 5.92. The highest BCUT2D eigenvalue weighted by atomic mass is 19.4. The summed E-state index contributed by atoms with van der Waals surface area (Å²) in [5.41, 5.74) is 0. The Morgan fingerprint density at radius 2 is 2.05 bits per heavy atom. The molecule has 2 heterocycles. The summed E-state index contributed by atoms with van der Waals surface area (Å²) in [5.74, 6) is -0.828. The first-order valence-corrected chi connectivity index (χ1v) is 7.62. The zero-order chi connectivity index (χ0) is 15.3. The number of rotatable bonds is 4. The van der Waals surface area contributed by atoms with Gasteiger partial charge in [-0.2, -0.15) is 13.2 Å². The van der Waals surface area contributed by atoms with Crippen LogP contribution in [0.2, 0.25) is 0 Å². The molecule has 0 aromatic carbocycles. The van der Waals surface area contributed by atoms with Crippen molar-refractivity contribution in [1.29, 1.82) is 0 Å². The van der Waals surface area contributed by atoms with Gasteiger partial charge in [0.1, 0.15) is 6.54 Å². The van der Waals surface area contributed by atoms with Crippen molar-refractivity contribution in [3.05, 3.63) is 0 Å². The van der Waals surface area contributed by atoms with Crippen LogP contribution in [0, 0.1) is 5.92 Å². The minimum absolute atomic E-state index is 0.204. The number of ether oxygens (including phenoxy) is 1. The molecule has 1 amide bonds. The van der Waals surface area contributed by atoms with Crippen molar-refractivity contribution in [2.45, 2.75) is 44.4 Å². The van der Waals surface area contributed by atoms with Crippen LogP contribution in [0.15, 0.2) is 0 Å². The quantitative estimate of drug-likeness (QED) is 0.863. The van der Waals surface area contributed by atoms with Gasteiger partial charge in [0.05, 0.1) is 12.0 Å². The van der Waals surface area contributed by atoms with Crippen molar-refractivity contribution < 1.29 is 22.7 Å². The number of nitrogens with one attached hydrogen (secondary N) is 1. The summed E-state index contributed by atoms with van der Waals surface area (Å²) in [6.07, 6.45) is 0.646. The van der Waals surface area contributed by atoms with Gasteiger partial charge in [-0.25, -0.2) is 0 Å². The van der Waals surface area contributed by atoms with Crippen LogP contribution in [0.3, 0.4) is 0 Å². The molecule has 0 aromatic rings. The van der Waals surface area contributed by atoms with E-state index in [9.17, 15) is 18.0 Å². The third kappa shape index (κ3) is 5.82. The number of piperidine rings is 1. The molecule has 21 heavy (non-hydrogen) atoms. The van der Waals surface area contributed by atoms with Gasteiger partial charge in [0.15, 0.2) is 0 Å². The summed E-state index contributed by atoms with van der Waals surface area (Å²) in [7, 11) is 0. The number of carbonyl (C=O) groups is 1. The first-order valence-electron chi connectivity index (χ1n) is 7.62. The summed E-state index contributed by atoms with van der Waals surface area (Å²) in [6, 6.07) is 0.